The number of likely N-dealkylation sites (tertiary alicyclic amines) is 1. The highest BCUT2D eigenvalue weighted by Gasteiger charge is 2.33. The van der Waals surface area contributed by atoms with Gasteiger partial charge in [-0.3, -0.25) is 19.4 Å². The number of anilines is 1. The first-order valence-electron chi connectivity index (χ1n) is 12.4. The van der Waals surface area contributed by atoms with Crippen molar-refractivity contribution in [3.8, 4) is 0 Å². The number of rotatable bonds is 5. The molecule has 0 bridgehead atoms. The van der Waals surface area contributed by atoms with Gasteiger partial charge in [-0.1, -0.05) is 36.2 Å². The average molecular weight is 534 g/mol. The molecule has 7 nitrogen and oxygen atoms in total. The second-order valence-electron chi connectivity index (χ2n) is 9.75. The van der Waals surface area contributed by atoms with Crippen molar-refractivity contribution in [2.45, 2.75) is 44.8 Å². The standard InChI is InChI=1S/C26H30Cl2FN5O2/c1-2-18-15-33(24-13-23-22(12-20(24)28)30-25(35)26(36)31-23)9-10-34(18)19-5-7-32(8-6-19)14-16-3-4-17(27)11-21(16)29/h3-4,11-13,18-19H,2,5-10,14-15H2,1H3,(H,30,35)(H,31,36)/t18-/m0/s1. The number of aromatic nitrogens is 2. The van der Waals surface area contributed by atoms with Crippen LogP contribution in [0.25, 0.3) is 11.0 Å². The van der Waals surface area contributed by atoms with Crippen LogP contribution in [0.4, 0.5) is 10.1 Å². The largest absolute Gasteiger partial charge is 0.367 e. The van der Waals surface area contributed by atoms with E-state index in [-0.39, 0.29) is 5.82 Å². The van der Waals surface area contributed by atoms with Gasteiger partial charge in [-0.05, 0) is 56.6 Å². The van der Waals surface area contributed by atoms with Crippen molar-refractivity contribution in [2.24, 2.45) is 0 Å². The zero-order valence-electron chi connectivity index (χ0n) is 20.2. The second-order valence-corrected chi connectivity index (χ2v) is 10.6. The van der Waals surface area contributed by atoms with Crippen LogP contribution < -0.4 is 16.0 Å². The Labute approximate surface area is 218 Å². The first-order chi connectivity index (χ1) is 17.3. The molecule has 3 heterocycles. The van der Waals surface area contributed by atoms with E-state index in [0.717, 1.165) is 57.7 Å². The van der Waals surface area contributed by atoms with Crippen LogP contribution in [0.3, 0.4) is 0 Å². The lowest BCUT2D eigenvalue weighted by molar-refractivity contribution is 0.0609. The summed E-state index contributed by atoms with van der Waals surface area (Å²) >= 11 is 12.5. The molecule has 0 saturated carbocycles. The molecular formula is C26H30Cl2FN5O2. The summed E-state index contributed by atoms with van der Waals surface area (Å²) in [6.07, 6.45) is 3.12. The van der Waals surface area contributed by atoms with Gasteiger partial charge in [0.05, 0.1) is 21.7 Å². The summed E-state index contributed by atoms with van der Waals surface area (Å²) in [6.45, 7) is 7.28. The minimum Gasteiger partial charge on any atom is -0.367 e. The smallest absolute Gasteiger partial charge is 0.314 e. The number of fused-ring (bicyclic) bond motifs is 1. The third-order valence-corrected chi connectivity index (χ3v) is 8.10. The van der Waals surface area contributed by atoms with E-state index in [1.54, 1.807) is 18.2 Å². The van der Waals surface area contributed by atoms with E-state index in [4.69, 9.17) is 23.2 Å². The Kier molecular flexibility index (Phi) is 7.40. The number of H-pyrrole nitrogens is 2. The van der Waals surface area contributed by atoms with Gasteiger partial charge in [-0.25, -0.2) is 4.39 Å². The topological polar surface area (TPSA) is 75.4 Å². The van der Waals surface area contributed by atoms with Crippen LogP contribution in [0.1, 0.15) is 31.7 Å². The van der Waals surface area contributed by atoms with E-state index in [2.05, 4.69) is 31.6 Å². The van der Waals surface area contributed by atoms with Crippen molar-refractivity contribution in [3.05, 3.63) is 72.5 Å². The molecule has 5 rings (SSSR count). The lowest BCUT2D eigenvalue weighted by atomic mass is 9.97. The van der Waals surface area contributed by atoms with Crippen LogP contribution in [0.15, 0.2) is 39.9 Å². The highest BCUT2D eigenvalue weighted by molar-refractivity contribution is 6.34. The SMILES string of the molecule is CC[C@H]1CN(c2cc3[nH]c(=O)c(=O)[nH]c3cc2Cl)CCN1C1CCN(Cc2ccc(Cl)cc2F)CC1. The van der Waals surface area contributed by atoms with Gasteiger partial charge in [0.1, 0.15) is 5.82 Å². The van der Waals surface area contributed by atoms with Gasteiger partial charge >= 0.3 is 11.1 Å². The molecule has 2 aliphatic rings. The minimum absolute atomic E-state index is 0.241. The number of aromatic amines is 2. The number of hydrogen-bond donors (Lipinski definition) is 2. The van der Waals surface area contributed by atoms with Crippen LogP contribution >= 0.6 is 23.2 Å². The fraction of sp³-hybridized carbons (Fsp3) is 0.462. The van der Waals surface area contributed by atoms with E-state index >= 15 is 0 Å². The predicted octanol–water partition coefficient (Wildman–Crippen LogP) is 4.23. The van der Waals surface area contributed by atoms with E-state index in [0.29, 0.717) is 45.3 Å². The number of nitrogens with one attached hydrogen (secondary N) is 2. The lowest BCUT2D eigenvalue weighted by Gasteiger charge is -2.48. The molecule has 2 aliphatic heterocycles. The van der Waals surface area contributed by atoms with Crippen molar-refractivity contribution >= 4 is 39.9 Å². The molecule has 2 saturated heterocycles. The van der Waals surface area contributed by atoms with Gasteiger partial charge in [-0.15, -0.1) is 0 Å². The maximum absolute atomic E-state index is 14.2. The number of piperazine rings is 1. The molecular weight excluding hydrogens is 504 g/mol. The number of hydrogen-bond acceptors (Lipinski definition) is 5. The lowest BCUT2D eigenvalue weighted by Crippen LogP contribution is -2.58. The molecule has 36 heavy (non-hydrogen) atoms. The van der Waals surface area contributed by atoms with E-state index < -0.39 is 11.1 Å². The van der Waals surface area contributed by atoms with Crippen LogP contribution in [0, 0.1) is 5.82 Å². The van der Waals surface area contributed by atoms with E-state index in [1.807, 2.05) is 6.07 Å². The van der Waals surface area contributed by atoms with E-state index in [1.165, 1.54) is 6.07 Å². The average Bonchev–Trinajstić information content (AvgIpc) is 2.86. The van der Waals surface area contributed by atoms with Gasteiger partial charge < -0.3 is 14.9 Å². The Morgan fingerprint density at radius 1 is 0.972 bits per heavy atom. The zero-order valence-corrected chi connectivity index (χ0v) is 21.7. The summed E-state index contributed by atoms with van der Waals surface area (Å²) in [6, 6.07) is 9.34. The van der Waals surface area contributed by atoms with Gasteiger partial charge in [-0.2, -0.15) is 0 Å². The molecule has 1 aromatic heterocycles. The quantitative estimate of drug-likeness (QED) is 0.480. The minimum atomic E-state index is -0.685. The third-order valence-electron chi connectivity index (χ3n) is 7.57. The first-order valence-corrected chi connectivity index (χ1v) is 13.2. The van der Waals surface area contributed by atoms with Crippen molar-refractivity contribution < 1.29 is 4.39 Å². The van der Waals surface area contributed by atoms with Gasteiger partial charge in [0, 0.05) is 48.8 Å². The molecule has 0 unspecified atom stereocenters. The third kappa shape index (κ3) is 5.18. The second kappa shape index (κ2) is 10.5. The zero-order chi connectivity index (χ0) is 25.4. The Hall–Kier alpha value is -2.39. The summed E-state index contributed by atoms with van der Waals surface area (Å²) in [4.78, 5) is 35.9. The van der Waals surface area contributed by atoms with Crippen molar-refractivity contribution in [2.75, 3.05) is 37.6 Å². The fourth-order valence-corrected chi connectivity index (χ4v) is 6.04. The number of halogens is 3. The summed E-state index contributed by atoms with van der Waals surface area (Å²) in [5.41, 5.74) is 1.29. The van der Waals surface area contributed by atoms with Crippen molar-refractivity contribution in [1.29, 1.82) is 0 Å². The number of nitrogens with zero attached hydrogens (tertiary/aromatic N) is 3. The number of piperidine rings is 1. The maximum Gasteiger partial charge on any atom is 0.314 e. The molecule has 3 aromatic rings. The Balaban J connectivity index is 1.24. The van der Waals surface area contributed by atoms with Crippen LogP contribution in [-0.2, 0) is 6.54 Å². The molecule has 0 amide bonds. The van der Waals surface area contributed by atoms with Gasteiger partial charge in [0.25, 0.3) is 0 Å². The molecule has 2 N–H and O–H groups in total. The molecule has 2 aromatic carbocycles. The van der Waals surface area contributed by atoms with Crippen LogP contribution in [-0.4, -0.2) is 64.6 Å². The number of benzene rings is 2. The molecule has 0 aliphatic carbocycles. The van der Waals surface area contributed by atoms with Gasteiger partial charge in [0.2, 0.25) is 0 Å². The molecule has 192 valence electrons. The monoisotopic (exact) mass is 533 g/mol. The summed E-state index contributed by atoms with van der Waals surface area (Å²) in [7, 11) is 0. The Bertz CT molecular complexity index is 1370. The van der Waals surface area contributed by atoms with Gasteiger partial charge in [0.15, 0.2) is 0 Å². The fourth-order valence-electron chi connectivity index (χ4n) is 5.60. The predicted molar refractivity (Wildman–Crippen MR) is 143 cm³/mol. The highest BCUT2D eigenvalue weighted by atomic mass is 35.5. The molecule has 0 spiro atoms. The highest BCUT2D eigenvalue weighted by Crippen LogP contribution is 2.32. The van der Waals surface area contributed by atoms with Crippen LogP contribution in [0.2, 0.25) is 10.0 Å². The van der Waals surface area contributed by atoms with Crippen molar-refractivity contribution in [1.82, 2.24) is 19.8 Å². The molecule has 0 radical (unpaired) electrons. The molecule has 2 fully saturated rings. The first kappa shape index (κ1) is 25.3. The van der Waals surface area contributed by atoms with Crippen LogP contribution in [0.5, 0.6) is 0 Å². The summed E-state index contributed by atoms with van der Waals surface area (Å²) in [5, 5.41) is 0.976. The Morgan fingerprint density at radius 3 is 2.33 bits per heavy atom. The van der Waals surface area contributed by atoms with E-state index in [9.17, 15) is 14.0 Å². The normalized spacial score (nSPS) is 20.3. The Morgan fingerprint density at radius 2 is 1.67 bits per heavy atom. The van der Waals surface area contributed by atoms with Crippen molar-refractivity contribution in [3.63, 3.8) is 0 Å². The maximum atomic E-state index is 14.2. The molecule has 1 atom stereocenters. The molecule has 10 heteroatoms. The summed E-state index contributed by atoms with van der Waals surface area (Å²) < 4.78 is 14.2. The summed E-state index contributed by atoms with van der Waals surface area (Å²) in [5.74, 6) is -0.241.